The second-order valence-electron chi connectivity index (χ2n) is 5.07. The van der Waals surface area contributed by atoms with E-state index in [1.807, 2.05) is 18.2 Å². The minimum atomic E-state index is -0.396. The average molecular weight is 285 g/mol. The number of carbonyl (C=O) groups is 1. The lowest BCUT2D eigenvalue weighted by Gasteiger charge is -2.29. The maximum absolute atomic E-state index is 13.3. The molecule has 0 unspecified atom stereocenters. The molecular formula is C17H16FNO2. The number of nitrogens with zero attached hydrogens (tertiary/aromatic N) is 1. The van der Waals surface area contributed by atoms with Crippen LogP contribution in [0.25, 0.3) is 0 Å². The first kappa shape index (κ1) is 13.6. The predicted octanol–water partition coefficient (Wildman–Crippen LogP) is 3.43. The molecular weight excluding hydrogens is 269 g/mol. The molecule has 21 heavy (non-hydrogen) atoms. The zero-order valence-corrected chi connectivity index (χ0v) is 11.8. The van der Waals surface area contributed by atoms with Gasteiger partial charge in [0.25, 0.3) is 5.91 Å². The molecule has 0 N–H and O–H groups in total. The van der Waals surface area contributed by atoms with Gasteiger partial charge in [-0.3, -0.25) is 4.79 Å². The first-order chi connectivity index (χ1) is 10.2. The molecule has 1 amide bonds. The highest BCUT2D eigenvalue weighted by atomic mass is 19.1. The third-order valence-electron chi connectivity index (χ3n) is 3.72. The van der Waals surface area contributed by atoms with Crippen LogP contribution < -0.4 is 9.64 Å². The first-order valence-electron chi connectivity index (χ1n) is 6.93. The molecule has 0 saturated heterocycles. The Kier molecular flexibility index (Phi) is 3.60. The second-order valence-corrected chi connectivity index (χ2v) is 5.07. The van der Waals surface area contributed by atoms with Crippen molar-refractivity contribution < 1.29 is 13.9 Å². The zero-order valence-electron chi connectivity index (χ0n) is 11.8. The molecule has 0 aliphatic carbocycles. The maximum atomic E-state index is 13.3. The Morgan fingerprint density at radius 3 is 2.86 bits per heavy atom. The van der Waals surface area contributed by atoms with Gasteiger partial charge in [-0.15, -0.1) is 0 Å². The molecule has 2 aromatic carbocycles. The summed E-state index contributed by atoms with van der Waals surface area (Å²) in [5.74, 6) is 0.224. The van der Waals surface area contributed by atoms with Gasteiger partial charge in [-0.25, -0.2) is 4.39 Å². The number of hydrogen-bond acceptors (Lipinski definition) is 2. The molecule has 1 aliphatic heterocycles. The van der Waals surface area contributed by atoms with Gasteiger partial charge in [0.1, 0.15) is 11.6 Å². The van der Waals surface area contributed by atoms with Crippen LogP contribution in [0.4, 0.5) is 10.1 Å². The average Bonchev–Trinajstić information content (AvgIpc) is 2.53. The summed E-state index contributed by atoms with van der Waals surface area (Å²) in [6.07, 6.45) is 1.81. The molecule has 3 rings (SSSR count). The summed E-state index contributed by atoms with van der Waals surface area (Å²) in [6, 6.07) is 11.5. The van der Waals surface area contributed by atoms with E-state index in [0.717, 1.165) is 29.8 Å². The summed E-state index contributed by atoms with van der Waals surface area (Å²) in [4.78, 5) is 14.3. The van der Waals surface area contributed by atoms with Gasteiger partial charge in [-0.05, 0) is 54.8 Å². The van der Waals surface area contributed by atoms with Crippen molar-refractivity contribution in [2.75, 3.05) is 18.6 Å². The third kappa shape index (κ3) is 2.61. The fraction of sp³-hybridized carbons (Fsp3) is 0.235. The lowest BCUT2D eigenvalue weighted by atomic mass is 10.0. The largest absolute Gasteiger partial charge is 0.497 e. The van der Waals surface area contributed by atoms with Gasteiger partial charge in [-0.1, -0.05) is 6.07 Å². The second kappa shape index (κ2) is 5.56. The van der Waals surface area contributed by atoms with Crippen molar-refractivity contribution in [3.05, 3.63) is 59.4 Å². The van der Waals surface area contributed by atoms with E-state index in [4.69, 9.17) is 4.74 Å². The number of rotatable bonds is 2. The SMILES string of the molecule is COc1ccc2c(c1)CCCN2C(=O)c1cccc(F)c1. The van der Waals surface area contributed by atoms with Crippen LogP contribution in [0.3, 0.4) is 0 Å². The Morgan fingerprint density at radius 1 is 1.24 bits per heavy atom. The summed E-state index contributed by atoms with van der Waals surface area (Å²) in [6.45, 7) is 0.647. The number of halogens is 1. The highest BCUT2D eigenvalue weighted by Gasteiger charge is 2.24. The molecule has 0 atom stereocenters. The van der Waals surface area contributed by atoms with Gasteiger partial charge in [0.05, 0.1) is 7.11 Å². The van der Waals surface area contributed by atoms with Crippen molar-refractivity contribution in [3.63, 3.8) is 0 Å². The molecule has 0 radical (unpaired) electrons. The van der Waals surface area contributed by atoms with E-state index in [2.05, 4.69) is 0 Å². The fourth-order valence-electron chi connectivity index (χ4n) is 2.69. The topological polar surface area (TPSA) is 29.5 Å². The Hall–Kier alpha value is -2.36. The van der Waals surface area contributed by atoms with E-state index in [9.17, 15) is 9.18 Å². The number of amides is 1. The van der Waals surface area contributed by atoms with Crippen molar-refractivity contribution in [2.24, 2.45) is 0 Å². The molecule has 0 spiro atoms. The van der Waals surface area contributed by atoms with E-state index in [1.54, 1.807) is 24.1 Å². The van der Waals surface area contributed by atoms with Gasteiger partial charge >= 0.3 is 0 Å². The maximum Gasteiger partial charge on any atom is 0.258 e. The first-order valence-corrected chi connectivity index (χ1v) is 6.93. The lowest BCUT2D eigenvalue weighted by molar-refractivity contribution is 0.0984. The van der Waals surface area contributed by atoms with Crippen molar-refractivity contribution in [1.82, 2.24) is 0 Å². The molecule has 4 heteroatoms. The van der Waals surface area contributed by atoms with Crippen molar-refractivity contribution in [2.45, 2.75) is 12.8 Å². The highest BCUT2D eigenvalue weighted by molar-refractivity contribution is 6.06. The monoisotopic (exact) mass is 285 g/mol. The molecule has 108 valence electrons. The zero-order chi connectivity index (χ0) is 14.8. The molecule has 0 bridgehead atoms. The van der Waals surface area contributed by atoms with Crippen LogP contribution in [0.2, 0.25) is 0 Å². The van der Waals surface area contributed by atoms with Crippen LogP contribution in [-0.2, 0) is 6.42 Å². The number of carbonyl (C=O) groups excluding carboxylic acids is 1. The fourth-order valence-corrected chi connectivity index (χ4v) is 2.69. The molecule has 3 nitrogen and oxygen atoms in total. The summed E-state index contributed by atoms with van der Waals surface area (Å²) >= 11 is 0. The van der Waals surface area contributed by atoms with E-state index in [-0.39, 0.29) is 5.91 Å². The molecule has 0 saturated carbocycles. The van der Waals surface area contributed by atoms with Gasteiger partial charge in [0.15, 0.2) is 0 Å². The summed E-state index contributed by atoms with van der Waals surface area (Å²) in [5, 5.41) is 0. The number of hydrogen-bond donors (Lipinski definition) is 0. The van der Waals surface area contributed by atoms with Gasteiger partial charge in [-0.2, -0.15) is 0 Å². The van der Waals surface area contributed by atoms with E-state index < -0.39 is 5.82 Å². The van der Waals surface area contributed by atoms with Gasteiger partial charge in [0, 0.05) is 17.8 Å². The number of methoxy groups -OCH3 is 1. The normalized spacial score (nSPS) is 13.7. The molecule has 2 aromatic rings. The summed E-state index contributed by atoms with van der Waals surface area (Å²) < 4.78 is 18.5. The van der Waals surface area contributed by atoms with Crippen molar-refractivity contribution in [1.29, 1.82) is 0 Å². The number of fused-ring (bicyclic) bond motifs is 1. The van der Waals surface area contributed by atoms with Crippen LogP contribution in [0.15, 0.2) is 42.5 Å². The lowest BCUT2D eigenvalue weighted by Crippen LogP contribution is -2.35. The van der Waals surface area contributed by atoms with Crippen LogP contribution >= 0.6 is 0 Å². The Bertz CT molecular complexity index is 684. The minimum absolute atomic E-state index is 0.166. The van der Waals surface area contributed by atoms with Crippen LogP contribution in [0.5, 0.6) is 5.75 Å². The van der Waals surface area contributed by atoms with E-state index in [0.29, 0.717) is 12.1 Å². The standard InChI is InChI=1S/C17H16FNO2/c1-21-15-7-8-16-12(11-15)5-3-9-19(16)17(20)13-4-2-6-14(18)10-13/h2,4,6-8,10-11H,3,5,9H2,1H3. The van der Waals surface area contributed by atoms with Crippen LogP contribution in [-0.4, -0.2) is 19.6 Å². The number of ether oxygens (including phenoxy) is 1. The predicted molar refractivity (Wildman–Crippen MR) is 79.4 cm³/mol. The minimum Gasteiger partial charge on any atom is -0.497 e. The highest BCUT2D eigenvalue weighted by Crippen LogP contribution is 2.31. The number of aryl methyl sites for hydroxylation is 1. The molecule has 0 fully saturated rings. The Morgan fingerprint density at radius 2 is 2.10 bits per heavy atom. The van der Waals surface area contributed by atoms with E-state index >= 15 is 0 Å². The third-order valence-corrected chi connectivity index (χ3v) is 3.72. The van der Waals surface area contributed by atoms with Gasteiger partial charge in [0.2, 0.25) is 0 Å². The Balaban J connectivity index is 1.96. The quantitative estimate of drug-likeness (QED) is 0.846. The van der Waals surface area contributed by atoms with Crippen molar-refractivity contribution in [3.8, 4) is 5.75 Å². The molecule has 1 aliphatic rings. The summed E-state index contributed by atoms with van der Waals surface area (Å²) in [5.41, 5.74) is 2.35. The Labute approximate surface area is 123 Å². The van der Waals surface area contributed by atoms with E-state index in [1.165, 1.54) is 12.1 Å². The van der Waals surface area contributed by atoms with Gasteiger partial charge < -0.3 is 9.64 Å². The van der Waals surface area contributed by atoms with Crippen molar-refractivity contribution >= 4 is 11.6 Å². The smallest absolute Gasteiger partial charge is 0.258 e. The molecule has 1 heterocycles. The van der Waals surface area contributed by atoms with Crippen LogP contribution in [0.1, 0.15) is 22.3 Å². The summed E-state index contributed by atoms with van der Waals surface area (Å²) in [7, 11) is 1.63. The molecule has 0 aromatic heterocycles. The number of anilines is 1. The van der Waals surface area contributed by atoms with Crippen LogP contribution in [0, 0.1) is 5.82 Å². The number of benzene rings is 2.